The Hall–Kier alpha value is -2.13. The molecule has 0 spiro atoms. The molecule has 1 aliphatic heterocycles. The maximum Gasteiger partial charge on any atom is 0.111 e. The molecule has 5 rings (SSSR count). The molecule has 2 aliphatic rings. The number of rotatable bonds is 2. The van der Waals surface area contributed by atoms with Gasteiger partial charge >= 0.3 is 0 Å². The van der Waals surface area contributed by atoms with Crippen LogP contribution in [-0.4, -0.2) is 33.6 Å². The summed E-state index contributed by atoms with van der Waals surface area (Å²) >= 11 is 0. The van der Waals surface area contributed by atoms with Gasteiger partial charge < -0.3 is 4.57 Å². The zero-order valence-electron chi connectivity index (χ0n) is 17.2. The van der Waals surface area contributed by atoms with Crippen LogP contribution < -0.4 is 0 Å². The van der Waals surface area contributed by atoms with E-state index in [4.69, 9.17) is 4.98 Å². The molecule has 146 valence electrons. The van der Waals surface area contributed by atoms with Crippen molar-refractivity contribution in [2.24, 2.45) is 5.92 Å². The second kappa shape index (κ2) is 7.36. The van der Waals surface area contributed by atoms with E-state index in [2.05, 4.69) is 65.8 Å². The van der Waals surface area contributed by atoms with Gasteiger partial charge in [-0.15, -0.1) is 0 Å². The lowest BCUT2D eigenvalue weighted by Crippen LogP contribution is -2.39. The minimum absolute atomic E-state index is 0.792. The Kier molecular flexibility index (Phi) is 4.72. The van der Waals surface area contributed by atoms with Gasteiger partial charge in [-0.25, -0.2) is 4.98 Å². The number of hydrogen-bond donors (Lipinski definition) is 0. The molecule has 0 atom stereocenters. The fourth-order valence-corrected chi connectivity index (χ4v) is 5.10. The molecule has 3 heteroatoms. The number of benzene rings is 2. The van der Waals surface area contributed by atoms with Gasteiger partial charge in [0.05, 0.1) is 11.0 Å². The lowest BCUT2D eigenvalue weighted by molar-refractivity contribution is 0.142. The van der Waals surface area contributed by atoms with Crippen LogP contribution in [0.4, 0.5) is 0 Å². The summed E-state index contributed by atoms with van der Waals surface area (Å²) in [6.07, 6.45) is 6.63. The lowest BCUT2D eigenvalue weighted by Gasteiger charge is -2.35. The maximum absolute atomic E-state index is 5.04. The number of fused-ring (bicyclic) bond motifs is 3. The summed E-state index contributed by atoms with van der Waals surface area (Å²) in [5.74, 6) is 2.19. The first-order chi connectivity index (χ1) is 13.7. The molecule has 0 bridgehead atoms. The van der Waals surface area contributed by atoms with Crippen LogP contribution in [0.3, 0.4) is 0 Å². The van der Waals surface area contributed by atoms with Gasteiger partial charge in [0.25, 0.3) is 0 Å². The summed E-state index contributed by atoms with van der Waals surface area (Å²) in [5.41, 5.74) is 6.28. The molecule has 1 fully saturated rings. The Morgan fingerprint density at radius 3 is 2.39 bits per heavy atom. The maximum atomic E-state index is 5.04. The highest BCUT2D eigenvalue weighted by Crippen LogP contribution is 2.30. The molecule has 0 saturated heterocycles. The van der Waals surface area contributed by atoms with Gasteiger partial charge in [-0.2, -0.15) is 0 Å². The largest absolute Gasteiger partial charge is 0.327 e. The van der Waals surface area contributed by atoms with Crippen molar-refractivity contribution < 1.29 is 0 Å². The Balaban J connectivity index is 1.38. The molecule has 0 N–H and O–H groups in total. The predicted octanol–water partition coefficient (Wildman–Crippen LogP) is 5.45. The molecule has 3 aromatic rings. The normalized spacial score (nSPS) is 23.5. The van der Waals surface area contributed by atoms with Crippen LogP contribution in [-0.2, 0) is 13.0 Å². The molecule has 3 nitrogen and oxygen atoms in total. The summed E-state index contributed by atoms with van der Waals surface area (Å²) in [4.78, 5) is 7.79. The van der Waals surface area contributed by atoms with E-state index in [1.807, 2.05) is 0 Å². The summed E-state index contributed by atoms with van der Waals surface area (Å²) in [5, 5.41) is 0. The standard InChI is InChI=1S/C25H31N3/c1-18-3-7-20(8-4-18)21-9-12-24-23(17-21)26-25-13-14-27(15-16-28(24)25)22-10-5-19(2)6-11-22/h3-4,7-9,12,17,19,22H,5-6,10-11,13-16H2,1-2H3. The summed E-state index contributed by atoms with van der Waals surface area (Å²) in [6.45, 7) is 7.94. The Labute approximate surface area is 168 Å². The molecule has 1 saturated carbocycles. The van der Waals surface area contributed by atoms with Gasteiger partial charge in [-0.05, 0) is 61.8 Å². The van der Waals surface area contributed by atoms with Gasteiger partial charge in [0.2, 0.25) is 0 Å². The molecule has 2 heterocycles. The van der Waals surface area contributed by atoms with E-state index in [0.29, 0.717) is 0 Å². The first-order valence-electron chi connectivity index (χ1n) is 11.0. The van der Waals surface area contributed by atoms with Crippen LogP contribution in [0.1, 0.15) is 44.0 Å². The number of imidazole rings is 1. The molecule has 2 aromatic carbocycles. The molecule has 1 aliphatic carbocycles. The smallest absolute Gasteiger partial charge is 0.111 e. The Morgan fingerprint density at radius 1 is 0.857 bits per heavy atom. The van der Waals surface area contributed by atoms with Gasteiger partial charge in [-0.3, -0.25) is 4.90 Å². The first kappa shape index (κ1) is 17.9. The van der Waals surface area contributed by atoms with Crippen molar-refractivity contribution >= 4 is 11.0 Å². The zero-order chi connectivity index (χ0) is 19.1. The number of hydrogen-bond acceptors (Lipinski definition) is 2. The van der Waals surface area contributed by atoms with Crippen molar-refractivity contribution in [2.75, 3.05) is 13.1 Å². The lowest BCUT2D eigenvalue weighted by atomic mass is 9.86. The predicted molar refractivity (Wildman–Crippen MR) is 117 cm³/mol. The molecule has 28 heavy (non-hydrogen) atoms. The Bertz CT molecular complexity index is 961. The SMILES string of the molecule is Cc1ccc(-c2ccc3c(c2)nc2n3CCN(C3CCC(C)CC3)CC2)cc1. The first-order valence-corrected chi connectivity index (χ1v) is 11.0. The number of aryl methyl sites for hydroxylation is 1. The molecular formula is C25H31N3. The van der Waals surface area contributed by atoms with Crippen molar-refractivity contribution in [3.8, 4) is 11.1 Å². The van der Waals surface area contributed by atoms with Crippen molar-refractivity contribution in [3.63, 3.8) is 0 Å². The fourth-order valence-electron chi connectivity index (χ4n) is 5.10. The van der Waals surface area contributed by atoms with E-state index in [1.165, 1.54) is 53.7 Å². The summed E-state index contributed by atoms with van der Waals surface area (Å²) in [7, 11) is 0. The van der Waals surface area contributed by atoms with Crippen molar-refractivity contribution in [1.82, 2.24) is 14.5 Å². The van der Waals surface area contributed by atoms with Crippen LogP contribution in [0, 0.1) is 12.8 Å². The van der Waals surface area contributed by atoms with Gasteiger partial charge in [-0.1, -0.05) is 42.8 Å². The third-order valence-corrected chi connectivity index (χ3v) is 6.95. The number of nitrogens with zero attached hydrogens (tertiary/aromatic N) is 3. The second-order valence-corrected chi connectivity index (χ2v) is 8.95. The highest BCUT2D eigenvalue weighted by molar-refractivity contribution is 5.82. The minimum atomic E-state index is 0.792. The van der Waals surface area contributed by atoms with E-state index in [0.717, 1.165) is 43.5 Å². The molecule has 0 unspecified atom stereocenters. The van der Waals surface area contributed by atoms with Crippen LogP contribution in [0.25, 0.3) is 22.2 Å². The van der Waals surface area contributed by atoms with E-state index < -0.39 is 0 Å². The van der Waals surface area contributed by atoms with Crippen molar-refractivity contribution in [2.45, 2.75) is 58.5 Å². The summed E-state index contributed by atoms with van der Waals surface area (Å²) in [6, 6.07) is 16.4. The van der Waals surface area contributed by atoms with E-state index in [-0.39, 0.29) is 0 Å². The average Bonchev–Trinajstić information content (AvgIpc) is 2.93. The third-order valence-electron chi connectivity index (χ3n) is 6.95. The van der Waals surface area contributed by atoms with Crippen molar-refractivity contribution in [1.29, 1.82) is 0 Å². The van der Waals surface area contributed by atoms with Crippen molar-refractivity contribution in [3.05, 3.63) is 53.9 Å². The minimum Gasteiger partial charge on any atom is -0.327 e. The van der Waals surface area contributed by atoms with Crippen LogP contribution in [0.5, 0.6) is 0 Å². The van der Waals surface area contributed by atoms with Crippen LogP contribution >= 0.6 is 0 Å². The van der Waals surface area contributed by atoms with E-state index in [9.17, 15) is 0 Å². The third kappa shape index (κ3) is 3.37. The Morgan fingerprint density at radius 2 is 1.61 bits per heavy atom. The average molecular weight is 374 g/mol. The molecule has 0 amide bonds. The molecule has 1 aromatic heterocycles. The fraction of sp³-hybridized carbons (Fsp3) is 0.480. The quantitative estimate of drug-likeness (QED) is 0.596. The van der Waals surface area contributed by atoms with E-state index in [1.54, 1.807) is 0 Å². The molecular weight excluding hydrogens is 342 g/mol. The zero-order valence-corrected chi connectivity index (χ0v) is 17.2. The van der Waals surface area contributed by atoms with Gasteiger partial charge in [0.1, 0.15) is 5.82 Å². The van der Waals surface area contributed by atoms with Crippen LogP contribution in [0.15, 0.2) is 42.5 Å². The highest BCUT2D eigenvalue weighted by Gasteiger charge is 2.26. The summed E-state index contributed by atoms with van der Waals surface area (Å²) < 4.78 is 2.47. The monoisotopic (exact) mass is 373 g/mol. The topological polar surface area (TPSA) is 21.1 Å². The number of aromatic nitrogens is 2. The van der Waals surface area contributed by atoms with E-state index >= 15 is 0 Å². The second-order valence-electron chi connectivity index (χ2n) is 8.95. The van der Waals surface area contributed by atoms with Gasteiger partial charge in [0, 0.05) is 32.1 Å². The van der Waals surface area contributed by atoms with Gasteiger partial charge in [0.15, 0.2) is 0 Å². The highest BCUT2D eigenvalue weighted by atomic mass is 15.2. The molecule has 0 radical (unpaired) electrons. The van der Waals surface area contributed by atoms with Crippen LogP contribution in [0.2, 0.25) is 0 Å².